The molecule has 7 heteroatoms. The highest BCUT2D eigenvalue weighted by Crippen LogP contribution is 2.10. The Morgan fingerprint density at radius 3 is 2.47 bits per heavy atom. The fraction of sp³-hybridized carbons (Fsp3) is 0.400. The van der Waals surface area contributed by atoms with Gasteiger partial charge < -0.3 is 0 Å². The Morgan fingerprint density at radius 2 is 1.94 bits per heavy atom. The van der Waals surface area contributed by atoms with Gasteiger partial charge in [0.1, 0.15) is 6.67 Å². The van der Waals surface area contributed by atoms with Gasteiger partial charge in [-0.3, -0.25) is 0 Å². The molecule has 0 aliphatic carbocycles. The van der Waals surface area contributed by atoms with Crippen molar-refractivity contribution in [2.75, 3.05) is 20.3 Å². The van der Waals surface area contributed by atoms with Crippen molar-refractivity contribution >= 4 is 26.1 Å². The molecule has 17 heavy (non-hydrogen) atoms. The normalized spacial score (nSPS) is 12.0. The molecule has 0 fully saturated rings. The molecule has 0 saturated heterocycles. The van der Waals surface area contributed by atoms with Crippen LogP contribution < -0.4 is 4.72 Å². The van der Waals surface area contributed by atoms with Crippen LogP contribution in [-0.4, -0.2) is 33.0 Å². The summed E-state index contributed by atoms with van der Waals surface area (Å²) in [5, 5.41) is 0. The van der Waals surface area contributed by atoms with E-state index in [-0.39, 0.29) is 13.1 Å². The number of nitrogens with one attached hydrogen (secondary N) is 1. The van der Waals surface area contributed by atoms with E-state index in [9.17, 15) is 12.8 Å². The Balaban J connectivity index is 2.58. The highest BCUT2D eigenvalue weighted by atomic mass is 79.9. The van der Waals surface area contributed by atoms with Crippen LogP contribution in [0.4, 0.5) is 4.39 Å². The van der Waals surface area contributed by atoms with Crippen LogP contribution in [-0.2, 0) is 16.8 Å². The summed E-state index contributed by atoms with van der Waals surface area (Å²) in [6.45, 7) is -0.655. The molecular weight excluding hydrogens is 311 g/mol. The quantitative estimate of drug-likeness (QED) is 0.865. The van der Waals surface area contributed by atoms with Crippen LogP contribution in [0.2, 0.25) is 0 Å². The molecule has 0 aliphatic rings. The van der Waals surface area contributed by atoms with Crippen LogP contribution in [0.15, 0.2) is 28.7 Å². The molecule has 0 spiro atoms. The van der Waals surface area contributed by atoms with E-state index in [0.717, 1.165) is 14.3 Å². The number of benzene rings is 1. The van der Waals surface area contributed by atoms with E-state index < -0.39 is 16.9 Å². The third kappa shape index (κ3) is 4.71. The minimum absolute atomic E-state index is 0.143. The lowest BCUT2D eigenvalue weighted by atomic mass is 10.2. The van der Waals surface area contributed by atoms with Crippen molar-refractivity contribution in [3.8, 4) is 0 Å². The van der Waals surface area contributed by atoms with Crippen LogP contribution in [0, 0.1) is 0 Å². The maximum Gasteiger partial charge on any atom is 0.279 e. The van der Waals surface area contributed by atoms with Gasteiger partial charge in [-0.25, -0.2) is 4.39 Å². The van der Waals surface area contributed by atoms with Gasteiger partial charge in [0.05, 0.1) is 0 Å². The highest BCUT2D eigenvalue weighted by molar-refractivity contribution is 9.10. The van der Waals surface area contributed by atoms with Gasteiger partial charge in [-0.2, -0.15) is 17.4 Å². The predicted octanol–water partition coefficient (Wildman–Crippen LogP) is 1.68. The van der Waals surface area contributed by atoms with Gasteiger partial charge in [0, 0.05) is 24.6 Å². The van der Waals surface area contributed by atoms with Crippen LogP contribution in [0.5, 0.6) is 0 Å². The van der Waals surface area contributed by atoms with E-state index >= 15 is 0 Å². The zero-order valence-electron chi connectivity index (χ0n) is 9.36. The molecule has 0 aromatic heterocycles. The first kappa shape index (κ1) is 14.6. The summed E-state index contributed by atoms with van der Waals surface area (Å²) in [4.78, 5) is 0. The van der Waals surface area contributed by atoms with Gasteiger partial charge in [0.25, 0.3) is 10.2 Å². The summed E-state index contributed by atoms with van der Waals surface area (Å²) in [5.41, 5.74) is 0.838. The van der Waals surface area contributed by atoms with Crippen molar-refractivity contribution in [1.82, 2.24) is 9.03 Å². The molecule has 0 radical (unpaired) electrons. The van der Waals surface area contributed by atoms with E-state index in [0.29, 0.717) is 0 Å². The van der Waals surface area contributed by atoms with Crippen molar-refractivity contribution < 1.29 is 12.8 Å². The molecule has 0 aliphatic heterocycles. The molecule has 4 nitrogen and oxygen atoms in total. The highest BCUT2D eigenvalue weighted by Gasteiger charge is 2.16. The minimum atomic E-state index is -3.60. The van der Waals surface area contributed by atoms with Gasteiger partial charge in [-0.05, 0) is 17.7 Å². The van der Waals surface area contributed by atoms with Crippen LogP contribution in [0.1, 0.15) is 5.56 Å². The number of rotatable bonds is 6. The van der Waals surface area contributed by atoms with Crippen LogP contribution >= 0.6 is 15.9 Å². The standard InChI is InChI=1S/C10H14BrFN2O2S/c1-14(7-6-12)17(15,16)13-8-9-2-4-10(11)5-3-9/h2-5,13H,6-8H2,1H3. The summed E-state index contributed by atoms with van der Waals surface area (Å²) >= 11 is 3.29. The first-order chi connectivity index (χ1) is 7.95. The number of nitrogens with zero attached hydrogens (tertiary/aromatic N) is 1. The molecule has 0 atom stereocenters. The lowest BCUT2D eigenvalue weighted by Crippen LogP contribution is -2.38. The smallest absolute Gasteiger partial charge is 0.250 e. The average molecular weight is 325 g/mol. The SMILES string of the molecule is CN(CCF)S(=O)(=O)NCc1ccc(Br)cc1. The number of alkyl halides is 1. The monoisotopic (exact) mass is 324 g/mol. The molecule has 1 aromatic carbocycles. The molecule has 0 bridgehead atoms. The second-order valence-corrected chi connectivity index (χ2v) is 6.24. The molecule has 0 amide bonds. The Bertz CT molecular complexity index is 450. The third-order valence-electron chi connectivity index (χ3n) is 2.18. The molecule has 1 rings (SSSR count). The first-order valence-electron chi connectivity index (χ1n) is 4.97. The second kappa shape index (κ2) is 6.44. The molecule has 1 aromatic rings. The van der Waals surface area contributed by atoms with Crippen LogP contribution in [0.25, 0.3) is 0 Å². The Labute approximate surface area is 109 Å². The van der Waals surface area contributed by atoms with Gasteiger partial charge in [-0.1, -0.05) is 28.1 Å². The van der Waals surface area contributed by atoms with E-state index in [1.54, 1.807) is 0 Å². The molecule has 0 saturated carbocycles. The van der Waals surface area contributed by atoms with Gasteiger partial charge in [0.2, 0.25) is 0 Å². The summed E-state index contributed by atoms with van der Waals surface area (Å²) < 4.78 is 39.5. The Morgan fingerprint density at radius 1 is 1.35 bits per heavy atom. The van der Waals surface area contributed by atoms with Gasteiger partial charge in [0.15, 0.2) is 0 Å². The zero-order chi connectivity index (χ0) is 12.9. The average Bonchev–Trinajstić information content (AvgIpc) is 2.29. The molecule has 0 unspecified atom stereocenters. The second-order valence-electron chi connectivity index (χ2n) is 3.46. The van der Waals surface area contributed by atoms with Crippen molar-refractivity contribution in [3.63, 3.8) is 0 Å². The van der Waals surface area contributed by atoms with E-state index in [2.05, 4.69) is 20.7 Å². The minimum Gasteiger partial charge on any atom is -0.250 e. The molecule has 1 N–H and O–H groups in total. The number of halogens is 2. The fourth-order valence-electron chi connectivity index (χ4n) is 1.13. The number of hydrogen-bond acceptors (Lipinski definition) is 2. The maximum absolute atomic E-state index is 12.0. The summed E-state index contributed by atoms with van der Waals surface area (Å²) in [6, 6.07) is 7.27. The lowest BCUT2D eigenvalue weighted by Gasteiger charge is -2.15. The number of hydrogen-bond donors (Lipinski definition) is 1. The molecular formula is C10H14BrFN2O2S. The molecule has 0 heterocycles. The topological polar surface area (TPSA) is 49.4 Å². The summed E-state index contributed by atoms with van der Waals surface area (Å²) in [7, 11) is -2.26. The van der Waals surface area contributed by atoms with Gasteiger partial charge in [-0.15, -0.1) is 0 Å². The fourth-order valence-corrected chi connectivity index (χ4v) is 2.27. The van der Waals surface area contributed by atoms with Crippen molar-refractivity contribution in [3.05, 3.63) is 34.3 Å². The van der Waals surface area contributed by atoms with Crippen molar-refractivity contribution in [2.24, 2.45) is 0 Å². The van der Waals surface area contributed by atoms with Crippen LogP contribution in [0.3, 0.4) is 0 Å². The predicted molar refractivity (Wildman–Crippen MR) is 68.5 cm³/mol. The summed E-state index contributed by atoms with van der Waals surface area (Å²) in [5.74, 6) is 0. The summed E-state index contributed by atoms with van der Waals surface area (Å²) in [6.07, 6.45) is 0. The largest absolute Gasteiger partial charge is 0.279 e. The Kier molecular flexibility index (Phi) is 5.51. The van der Waals surface area contributed by atoms with E-state index in [1.807, 2.05) is 24.3 Å². The maximum atomic E-state index is 12.0. The Hall–Kier alpha value is -0.500. The van der Waals surface area contributed by atoms with E-state index in [1.165, 1.54) is 7.05 Å². The lowest BCUT2D eigenvalue weighted by molar-refractivity contribution is 0.389. The van der Waals surface area contributed by atoms with Crippen molar-refractivity contribution in [2.45, 2.75) is 6.54 Å². The molecule has 96 valence electrons. The first-order valence-corrected chi connectivity index (χ1v) is 7.20. The van der Waals surface area contributed by atoms with Gasteiger partial charge >= 0.3 is 0 Å². The van der Waals surface area contributed by atoms with Crippen molar-refractivity contribution in [1.29, 1.82) is 0 Å². The van der Waals surface area contributed by atoms with E-state index in [4.69, 9.17) is 0 Å². The third-order valence-corrected chi connectivity index (χ3v) is 4.22. The zero-order valence-corrected chi connectivity index (χ0v) is 11.8.